The van der Waals surface area contributed by atoms with Gasteiger partial charge in [-0.25, -0.2) is 0 Å². The largest absolute Gasteiger partial charge is 0.489 e. The van der Waals surface area contributed by atoms with Crippen LogP contribution in [-0.4, -0.2) is 24.1 Å². The normalized spacial score (nSPS) is 13.6. The molecule has 0 aliphatic carbocycles. The van der Waals surface area contributed by atoms with E-state index in [2.05, 4.69) is 10.3 Å². The Bertz CT molecular complexity index is 1100. The maximum atomic E-state index is 12.4. The molecule has 0 fully saturated rings. The van der Waals surface area contributed by atoms with Crippen molar-refractivity contribution in [1.82, 2.24) is 10.3 Å². The fourth-order valence-electron chi connectivity index (χ4n) is 3.25. The number of nitrogens with zero attached hydrogens (tertiary/aromatic N) is 1. The first kappa shape index (κ1) is 21.7. The van der Waals surface area contributed by atoms with Crippen LogP contribution in [0.25, 0.3) is 6.08 Å². The Kier molecular flexibility index (Phi) is 6.92. The Morgan fingerprint density at radius 2 is 2.03 bits per heavy atom. The molecule has 1 amide bonds. The van der Waals surface area contributed by atoms with Crippen LogP contribution in [0.3, 0.4) is 0 Å². The number of fused-ring (bicyclic) bond motifs is 1. The molecule has 1 aromatic heterocycles. The number of pyridine rings is 1. The maximum Gasteiger partial charge on any atom is 0.244 e. The summed E-state index contributed by atoms with van der Waals surface area (Å²) in [5.41, 5.74) is 2.74. The molecule has 3 aromatic rings. The Morgan fingerprint density at radius 3 is 2.81 bits per heavy atom. The van der Waals surface area contributed by atoms with E-state index in [4.69, 9.17) is 25.8 Å². The highest BCUT2D eigenvalue weighted by Gasteiger charge is 2.16. The summed E-state index contributed by atoms with van der Waals surface area (Å²) in [6.45, 7) is 3.33. The van der Waals surface area contributed by atoms with Gasteiger partial charge in [-0.3, -0.25) is 9.78 Å². The number of halogens is 1. The van der Waals surface area contributed by atoms with Crippen LogP contribution in [0.15, 0.2) is 67.0 Å². The molecule has 7 heteroatoms. The van der Waals surface area contributed by atoms with Crippen molar-refractivity contribution in [3.63, 3.8) is 0 Å². The molecular weight excluding hydrogens is 428 g/mol. The first-order valence-electron chi connectivity index (χ1n) is 10.3. The van der Waals surface area contributed by atoms with Gasteiger partial charge in [-0.2, -0.15) is 0 Å². The quantitative estimate of drug-likeness (QED) is 0.514. The molecule has 0 spiro atoms. The van der Waals surface area contributed by atoms with E-state index in [-0.39, 0.29) is 11.9 Å². The van der Waals surface area contributed by atoms with E-state index in [1.54, 1.807) is 30.6 Å². The van der Waals surface area contributed by atoms with E-state index in [1.165, 1.54) is 6.08 Å². The van der Waals surface area contributed by atoms with Gasteiger partial charge in [-0.05, 0) is 54.5 Å². The van der Waals surface area contributed by atoms with Crippen LogP contribution < -0.4 is 19.5 Å². The van der Waals surface area contributed by atoms with Crippen molar-refractivity contribution in [2.24, 2.45) is 0 Å². The molecule has 0 radical (unpaired) electrons. The van der Waals surface area contributed by atoms with Crippen LogP contribution in [0.1, 0.15) is 29.7 Å². The molecule has 4 rings (SSSR count). The van der Waals surface area contributed by atoms with Crippen molar-refractivity contribution in [1.29, 1.82) is 0 Å². The smallest absolute Gasteiger partial charge is 0.244 e. The van der Waals surface area contributed by atoms with E-state index >= 15 is 0 Å². The Labute approximate surface area is 191 Å². The monoisotopic (exact) mass is 450 g/mol. The summed E-state index contributed by atoms with van der Waals surface area (Å²) in [4.78, 5) is 16.5. The number of nitrogens with one attached hydrogen (secondary N) is 1. The zero-order valence-corrected chi connectivity index (χ0v) is 18.3. The van der Waals surface area contributed by atoms with Gasteiger partial charge in [0.2, 0.25) is 5.91 Å². The molecule has 2 heterocycles. The van der Waals surface area contributed by atoms with Crippen LogP contribution in [0.2, 0.25) is 5.02 Å². The molecule has 0 saturated heterocycles. The van der Waals surface area contributed by atoms with Crippen LogP contribution in [0.5, 0.6) is 17.2 Å². The van der Waals surface area contributed by atoms with E-state index < -0.39 is 0 Å². The molecule has 1 atom stereocenters. The first-order chi connectivity index (χ1) is 15.6. The number of amides is 1. The van der Waals surface area contributed by atoms with Crippen LogP contribution in [0, 0.1) is 0 Å². The summed E-state index contributed by atoms with van der Waals surface area (Å²) in [7, 11) is 0. The van der Waals surface area contributed by atoms with E-state index in [0.717, 1.165) is 22.4 Å². The fraction of sp³-hybridized carbons (Fsp3) is 0.200. The molecular formula is C25H23ClN2O4. The molecule has 1 unspecified atom stereocenters. The number of rotatable bonds is 7. The Morgan fingerprint density at radius 1 is 1.22 bits per heavy atom. The summed E-state index contributed by atoms with van der Waals surface area (Å²) >= 11 is 6.24. The zero-order valence-electron chi connectivity index (χ0n) is 17.6. The summed E-state index contributed by atoms with van der Waals surface area (Å²) in [5, 5.41) is 3.42. The minimum Gasteiger partial charge on any atom is -0.489 e. The standard InChI is InChI=1S/C25H23ClN2O4/c1-17(20-5-7-21(8-6-20)32-16-19-3-2-10-27-15-19)28-24(29)9-4-18-13-22(26)25-23(14-18)30-11-12-31-25/h2-10,13-15,17H,11-12,16H2,1H3,(H,28,29)/b9-4+. The maximum absolute atomic E-state index is 12.4. The van der Waals surface area contributed by atoms with Crippen molar-refractivity contribution in [3.8, 4) is 17.2 Å². The number of ether oxygens (including phenoxy) is 3. The molecule has 1 aliphatic heterocycles. The predicted molar refractivity (Wildman–Crippen MR) is 123 cm³/mol. The summed E-state index contributed by atoms with van der Waals surface area (Å²) < 4.78 is 16.9. The Balaban J connectivity index is 1.32. The van der Waals surface area contributed by atoms with Crippen LogP contribution in [0.4, 0.5) is 0 Å². The molecule has 0 saturated carbocycles. The highest BCUT2D eigenvalue weighted by atomic mass is 35.5. The molecule has 1 aliphatic rings. The van der Waals surface area contributed by atoms with Gasteiger partial charge in [-0.1, -0.05) is 29.8 Å². The predicted octanol–water partition coefficient (Wildman–Crippen LogP) is 4.98. The van der Waals surface area contributed by atoms with Crippen LogP contribution >= 0.6 is 11.6 Å². The molecule has 1 N–H and O–H groups in total. The summed E-state index contributed by atoms with van der Waals surface area (Å²) in [6.07, 6.45) is 6.68. The third-order valence-corrected chi connectivity index (χ3v) is 5.19. The Hall–Kier alpha value is -3.51. The topological polar surface area (TPSA) is 69.7 Å². The number of hydrogen-bond donors (Lipinski definition) is 1. The molecule has 2 aromatic carbocycles. The van der Waals surface area contributed by atoms with Gasteiger partial charge >= 0.3 is 0 Å². The summed E-state index contributed by atoms with van der Waals surface area (Å²) in [6, 6.07) is 14.9. The minimum atomic E-state index is -0.208. The highest BCUT2D eigenvalue weighted by molar-refractivity contribution is 6.32. The number of carbonyl (C=O) groups is 1. The van der Waals surface area contributed by atoms with Crippen molar-refractivity contribution in [2.75, 3.05) is 13.2 Å². The van der Waals surface area contributed by atoms with Crippen molar-refractivity contribution in [3.05, 3.63) is 88.7 Å². The molecule has 164 valence electrons. The number of aromatic nitrogens is 1. The fourth-order valence-corrected chi connectivity index (χ4v) is 3.52. The lowest BCUT2D eigenvalue weighted by Gasteiger charge is -2.19. The first-order valence-corrected chi connectivity index (χ1v) is 10.7. The van der Waals surface area contributed by atoms with Gasteiger partial charge < -0.3 is 19.5 Å². The number of hydrogen-bond acceptors (Lipinski definition) is 5. The average molecular weight is 451 g/mol. The van der Waals surface area contributed by atoms with E-state index in [1.807, 2.05) is 43.3 Å². The van der Waals surface area contributed by atoms with E-state index in [9.17, 15) is 4.79 Å². The zero-order chi connectivity index (χ0) is 22.3. The van der Waals surface area contributed by atoms with Crippen molar-refractivity contribution in [2.45, 2.75) is 19.6 Å². The highest BCUT2D eigenvalue weighted by Crippen LogP contribution is 2.38. The lowest BCUT2D eigenvalue weighted by atomic mass is 10.1. The van der Waals surface area contributed by atoms with Gasteiger partial charge in [0.05, 0.1) is 11.1 Å². The van der Waals surface area contributed by atoms with Gasteiger partial charge in [0.15, 0.2) is 11.5 Å². The van der Waals surface area contributed by atoms with Gasteiger partial charge in [0, 0.05) is 24.0 Å². The second-order valence-corrected chi connectivity index (χ2v) is 7.72. The lowest BCUT2D eigenvalue weighted by Crippen LogP contribution is -2.24. The number of benzene rings is 2. The second-order valence-electron chi connectivity index (χ2n) is 7.31. The summed E-state index contributed by atoms with van der Waals surface area (Å²) in [5.74, 6) is 1.68. The average Bonchev–Trinajstić information content (AvgIpc) is 2.82. The number of carbonyl (C=O) groups excluding carboxylic acids is 1. The third-order valence-electron chi connectivity index (χ3n) is 4.91. The molecule has 6 nitrogen and oxygen atoms in total. The molecule has 32 heavy (non-hydrogen) atoms. The van der Waals surface area contributed by atoms with Gasteiger partial charge in [0.25, 0.3) is 0 Å². The van der Waals surface area contributed by atoms with Crippen molar-refractivity contribution < 1.29 is 19.0 Å². The van der Waals surface area contributed by atoms with Crippen LogP contribution in [-0.2, 0) is 11.4 Å². The van der Waals surface area contributed by atoms with Gasteiger partial charge in [0.1, 0.15) is 25.6 Å². The minimum absolute atomic E-state index is 0.164. The SMILES string of the molecule is CC(NC(=O)/C=C/c1cc(Cl)c2c(c1)OCCO2)c1ccc(OCc2cccnc2)cc1. The molecule has 0 bridgehead atoms. The third kappa shape index (κ3) is 5.59. The van der Waals surface area contributed by atoms with E-state index in [0.29, 0.717) is 36.3 Å². The second kappa shape index (κ2) is 10.2. The lowest BCUT2D eigenvalue weighted by molar-refractivity contribution is -0.117. The van der Waals surface area contributed by atoms with Crippen molar-refractivity contribution >= 4 is 23.6 Å². The van der Waals surface area contributed by atoms with Gasteiger partial charge in [-0.15, -0.1) is 0 Å².